The van der Waals surface area contributed by atoms with Crippen molar-refractivity contribution in [1.82, 2.24) is 0 Å². The standard InChI is InChI=1S/C14H26O4.C14H28O3.2H2S/c1-7-10(9-14(5,6)12(16)17)8-11(15)18-13(2,3)4;1-7-11(9-14(5,6)10-15)8-12(16)17-13(2,3)4;;/h10H,7-9H2,1-6H3,(H,16,17);11,15H,7-10H2,1-6H3;2*1H2/t10-;11-;;/m00../s1. The van der Waals surface area contributed by atoms with Gasteiger partial charge in [-0.05, 0) is 85.5 Å². The molecule has 0 amide bonds. The van der Waals surface area contributed by atoms with Crippen LogP contribution in [0.2, 0.25) is 0 Å². The zero-order chi connectivity index (χ0) is 28.3. The van der Waals surface area contributed by atoms with E-state index in [4.69, 9.17) is 14.6 Å². The molecule has 0 radical (unpaired) electrons. The number of aliphatic hydroxyl groups is 1. The summed E-state index contributed by atoms with van der Waals surface area (Å²) in [6, 6.07) is 0. The Balaban J connectivity index is -0.000000280. The number of rotatable bonds is 12. The van der Waals surface area contributed by atoms with Crippen molar-refractivity contribution in [1.29, 1.82) is 0 Å². The summed E-state index contributed by atoms with van der Waals surface area (Å²) in [6.45, 7) is 22.7. The van der Waals surface area contributed by atoms with Crippen molar-refractivity contribution in [2.75, 3.05) is 6.61 Å². The second-order valence-electron chi connectivity index (χ2n) is 13.0. The maximum absolute atomic E-state index is 11.7. The van der Waals surface area contributed by atoms with Gasteiger partial charge in [0.15, 0.2) is 0 Å². The molecule has 0 aromatic rings. The maximum Gasteiger partial charge on any atom is 0.309 e. The Morgan fingerprint density at radius 2 is 1.00 bits per heavy atom. The van der Waals surface area contributed by atoms with Crippen LogP contribution in [0.1, 0.15) is 122 Å². The second-order valence-corrected chi connectivity index (χ2v) is 13.0. The topological polar surface area (TPSA) is 110 Å². The summed E-state index contributed by atoms with van der Waals surface area (Å²) in [4.78, 5) is 34.5. The number of carboxylic acid groups (broad SMARTS) is 1. The van der Waals surface area contributed by atoms with Crippen LogP contribution in [-0.2, 0) is 23.9 Å². The molecule has 0 fully saturated rings. The molecule has 0 bridgehead atoms. The Morgan fingerprint density at radius 3 is 1.24 bits per heavy atom. The number of carbonyl (C=O) groups excluding carboxylic acids is 2. The van der Waals surface area contributed by atoms with Crippen molar-refractivity contribution >= 4 is 44.9 Å². The van der Waals surface area contributed by atoms with Crippen LogP contribution in [0.25, 0.3) is 0 Å². The highest BCUT2D eigenvalue weighted by molar-refractivity contribution is 7.59. The van der Waals surface area contributed by atoms with Crippen LogP contribution in [0.3, 0.4) is 0 Å². The molecule has 0 aromatic carbocycles. The zero-order valence-electron chi connectivity index (χ0n) is 25.5. The van der Waals surface area contributed by atoms with E-state index < -0.39 is 22.6 Å². The normalized spacial score (nSPS) is 13.5. The monoisotopic (exact) mass is 570 g/mol. The Labute approximate surface area is 240 Å². The van der Waals surface area contributed by atoms with E-state index in [-0.39, 0.29) is 69.2 Å². The average Bonchev–Trinajstić information content (AvgIpc) is 2.63. The average molecular weight is 571 g/mol. The summed E-state index contributed by atoms with van der Waals surface area (Å²) in [6.07, 6.45) is 3.76. The number of carboxylic acids is 1. The molecule has 2 N–H and O–H groups in total. The largest absolute Gasteiger partial charge is 0.481 e. The predicted molar refractivity (Wildman–Crippen MR) is 161 cm³/mol. The molecule has 9 heteroatoms. The van der Waals surface area contributed by atoms with Gasteiger partial charge in [-0.3, -0.25) is 14.4 Å². The van der Waals surface area contributed by atoms with E-state index in [1.165, 1.54) is 0 Å². The highest BCUT2D eigenvalue weighted by Gasteiger charge is 2.31. The van der Waals surface area contributed by atoms with Gasteiger partial charge in [-0.25, -0.2) is 0 Å². The van der Waals surface area contributed by atoms with E-state index in [1.807, 2.05) is 62.3 Å². The minimum atomic E-state index is -0.829. The maximum atomic E-state index is 11.7. The lowest BCUT2D eigenvalue weighted by Gasteiger charge is -2.28. The highest BCUT2D eigenvalue weighted by atomic mass is 32.1. The van der Waals surface area contributed by atoms with Crippen molar-refractivity contribution in [2.24, 2.45) is 22.7 Å². The van der Waals surface area contributed by atoms with Crippen molar-refractivity contribution < 1.29 is 34.1 Å². The molecule has 0 saturated carbocycles. The lowest BCUT2D eigenvalue weighted by Crippen LogP contribution is -2.29. The summed E-state index contributed by atoms with van der Waals surface area (Å²) in [5, 5.41) is 18.3. The fourth-order valence-corrected chi connectivity index (χ4v) is 3.61. The van der Waals surface area contributed by atoms with Gasteiger partial charge in [0.1, 0.15) is 11.2 Å². The van der Waals surface area contributed by atoms with Gasteiger partial charge in [-0.15, -0.1) is 0 Å². The van der Waals surface area contributed by atoms with E-state index in [2.05, 4.69) is 6.92 Å². The van der Waals surface area contributed by atoms with Gasteiger partial charge in [-0.2, -0.15) is 27.0 Å². The third-order valence-electron chi connectivity index (χ3n) is 5.55. The minimum absolute atomic E-state index is 0. The first-order chi connectivity index (χ1) is 15.6. The molecule has 0 unspecified atom stereocenters. The van der Waals surface area contributed by atoms with E-state index in [0.717, 1.165) is 19.3 Å². The van der Waals surface area contributed by atoms with Crippen LogP contribution in [0.5, 0.6) is 0 Å². The number of hydrogen-bond donors (Lipinski definition) is 2. The Bertz CT molecular complexity index is 662. The molecule has 0 aliphatic heterocycles. The Hall–Kier alpha value is -0.930. The first-order valence-corrected chi connectivity index (χ1v) is 12.9. The third kappa shape index (κ3) is 23.9. The summed E-state index contributed by atoms with van der Waals surface area (Å²) < 4.78 is 10.6. The molecule has 0 heterocycles. The van der Waals surface area contributed by atoms with E-state index in [0.29, 0.717) is 12.8 Å². The smallest absolute Gasteiger partial charge is 0.309 e. The van der Waals surface area contributed by atoms with Crippen LogP contribution in [0.4, 0.5) is 0 Å². The number of ether oxygens (including phenoxy) is 2. The SMILES string of the molecule is CC[C@@H](CC(=O)OC(C)(C)C)CC(C)(C)C(=O)O.CC[C@@H](CC(=O)OC(C)(C)C)CC(C)(C)CO.S.S. The fourth-order valence-electron chi connectivity index (χ4n) is 3.61. The molecule has 0 spiro atoms. The van der Waals surface area contributed by atoms with E-state index in [1.54, 1.807) is 13.8 Å². The molecule has 37 heavy (non-hydrogen) atoms. The molecule has 7 nitrogen and oxygen atoms in total. The summed E-state index contributed by atoms with van der Waals surface area (Å²) in [5.41, 5.74) is -1.83. The fraction of sp³-hybridized carbons (Fsp3) is 0.893. The quantitative estimate of drug-likeness (QED) is 0.254. The lowest BCUT2D eigenvalue weighted by molar-refractivity contribution is -0.158. The highest BCUT2D eigenvalue weighted by Crippen LogP contribution is 2.30. The van der Waals surface area contributed by atoms with Gasteiger partial charge in [0.2, 0.25) is 0 Å². The van der Waals surface area contributed by atoms with Gasteiger partial charge < -0.3 is 19.7 Å². The van der Waals surface area contributed by atoms with Crippen LogP contribution < -0.4 is 0 Å². The minimum Gasteiger partial charge on any atom is -0.481 e. The van der Waals surface area contributed by atoms with Crippen molar-refractivity contribution in [3.05, 3.63) is 0 Å². The first-order valence-electron chi connectivity index (χ1n) is 12.9. The molecule has 0 aliphatic rings. The molecule has 0 aromatic heterocycles. The number of carbonyl (C=O) groups is 3. The number of aliphatic carboxylic acids is 1. The first kappa shape index (κ1) is 43.1. The van der Waals surface area contributed by atoms with Crippen LogP contribution in [0, 0.1) is 22.7 Å². The van der Waals surface area contributed by atoms with Crippen LogP contribution in [-0.4, -0.2) is 45.9 Å². The van der Waals surface area contributed by atoms with Crippen LogP contribution >= 0.6 is 27.0 Å². The second kappa shape index (κ2) is 18.4. The molecule has 0 rings (SSSR count). The summed E-state index contributed by atoms with van der Waals surface area (Å²) in [7, 11) is 0. The predicted octanol–water partition coefficient (Wildman–Crippen LogP) is 6.62. The number of aliphatic hydroxyl groups excluding tert-OH is 1. The van der Waals surface area contributed by atoms with Crippen LogP contribution in [0.15, 0.2) is 0 Å². The van der Waals surface area contributed by atoms with Crippen molar-refractivity contribution in [2.45, 2.75) is 133 Å². The molecular weight excluding hydrogens is 512 g/mol. The van der Waals surface area contributed by atoms with Crippen molar-refractivity contribution in [3.63, 3.8) is 0 Å². The number of hydrogen-bond acceptors (Lipinski definition) is 6. The molecule has 0 saturated heterocycles. The molecule has 0 aliphatic carbocycles. The molecule has 2 atom stereocenters. The van der Waals surface area contributed by atoms with E-state index >= 15 is 0 Å². The summed E-state index contributed by atoms with van der Waals surface area (Å²) in [5.74, 6) is -0.892. The Kier molecular flexibility index (Phi) is 21.4. The van der Waals surface area contributed by atoms with Crippen molar-refractivity contribution in [3.8, 4) is 0 Å². The number of esters is 2. The van der Waals surface area contributed by atoms with E-state index in [9.17, 15) is 19.5 Å². The van der Waals surface area contributed by atoms with Gasteiger partial charge in [0.25, 0.3) is 0 Å². The van der Waals surface area contributed by atoms with Gasteiger partial charge >= 0.3 is 17.9 Å². The van der Waals surface area contributed by atoms with Gasteiger partial charge in [0, 0.05) is 19.4 Å². The summed E-state index contributed by atoms with van der Waals surface area (Å²) >= 11 is 0. The zero-order valence-corrected chi connectivity index (χ0v) is 27.5. The molecule has 224 valence electrons. The Morgan fingerprint density at radius 1 is 0.676 bits per heavy atom. The van der Waals surface area contributed by atoms with Gasteiger partial charge in [0.05, 0.1) is 5.41 Å². The third-order valence-corrected chi connectivity index (χ3v) is 5.55. The lowest BCUT2D eigenvalue weighted by atomic mass is 9.80. The van der Waals surface area contributed by atoms with Gasteiger partial charge in [-0.1, -0.05) is 40.5 Å². The molecular formula is C28H58O7S2.